The number of anilines is 1. The van der Waals surface area contributed by atoms with Gasteiger partial charge < -0.3 is 10.1 Å². The lowest BCUT2D eigenvalue weighted by Gasteiger charge is -2.12. The zero-order chi connectivity index (χ0) is 18.7. The molecule has 1 amide bonds. The van der Waals surface area contributed by atoms with Crippen molar-refractivity contribution in [3.63, 3.8) is 0 Å². The molecule has 0 aliphatic carbocycles. The number of hydrogen-bond acceptors (Lipinski definition) is 6. The summed E-state index contributed by atoms with van der Waals surface area (Å²) in [4.78, 5) is 12.3. The van der Waals surface area contributed by atoms with Crippen molar-refractivity contribution in [1.29, 1.82) is 0 Å². The van der Waals surface area contributed by atoms with E-state index in [1.807, 2.05) is 0 Å². The predicted octanol–water partition coefficient (Wildman–Crippen LogP) is 4.20. The van der Waals surface area contributed by atoms with E-state index in [1.165, 1.54) is 17.8 Å². The Hall–Kier alpha value is -0.770. The summed E-state index contributed by atoms with van der Waals surface area (Å²) >= 11 is 25.3. The largest absolute Gasteiger partial charge is 0.376 e. The third kappa shape index (κ3) is 4.74. The molecule has 3 rings (SSSR count). The topological polar surface area (TPSA) is 81.9 Å². The molecule has 2 aromatic rings. The molecule has 2 heterocycles. The van der Waals surface area contributed by atoms with Crippen LogP contribution in [0.5, 0.6) is 0 Å². The molecule has 1 aromatic carbocycles. The van der Waals surface area contributed by atoms with E-state index in [0.717, 1.165) is 19.4 Å². The fraction of sp³-hybridized carbons (Fsp3) is 0.429. The maximum absolute atomic E-state index is 12.3. The molecule has 12 heteroatoms. The quantitative estimate of drug-likeness (QED) is 0.518. The van der Waals surface area contributed by atoms with Crippen LogP contribution in [-0.4, -0.2) is 44.6 Å². The van der Waals surface area contributed by atoms with Gasteiger partial charge in [-0.05, 0) is 29.3 Å². The van der Waals surface area contributed by atoms with Gasteiger partial charge in [-0.1, -0.05) is 58.2 Å². The van der Waals surface area contributed by atoms with E-state index in [4.69, 9.17) is 51.1 Å². The lowest BCUT2D eigenvalue weighted by atomic mass is 10.2. The van der Waals surface area contributed by atoms with Gasteiger partial charge in [0.25, 0.3) is 0 Å². The molecule has 1 aliphatic rings. The van der Waals surface area contributed by atoms with Crippen molar-refractivity contribution < 1.29 is 9.53 Å². The number of aromatic nitrogens is 4. The van der Waals surface area contributed by atoms with Crippen molar-refractivity contribution in [2.45, 2.75) is 30.6 Å². The molecular weight excluding hydrogens is 444 g/mol. The number of amides is 1. The first-order valence-electron chi connectivity index (χ1n) is 7.59. The normalized spacial score (nSPS) is 16.8. The number of ether oxygens (including phenoxy) is 1. The average molecular weight is 457 g/mol. The molecule has 1 aromatic heterocycles. The van der Waals surface area contributed by atoms with E-state index in [0.29, 0.717) is 11.7 Å². The molecule has 0 radical (unpaired) electrons. The minimum Gasteiger partial charge on any atom is -0.376 e. The number of hydrogen-bond donors (Lipinski definition) is 1. The molecule has 0 bridgehead atoms. The second kappa shape index (κ2) is 8.95. The molecule has 1 N–H and O–H groups in total. The maximum atomic E-state index is 12.3. The molecule has 0 saturated carbocycles. The minimum atomic E-state index is -0.344. The minimum absolute atomic E-state index is 0.0582. The summed E-state index contributed by atoms with van der Waals surface area (Å²) in [7, 11) is 0. The van der Waals surface area contributed by atoms with Crippen LogP contribution in [-0.2, 0) is 16.1 Å². The fourth-order valence-electron chi connectivity index (χ4n) is 2.38. The van der Waals surface area contributed by atoms with E-state index in [-0.39, 0.29) is 43.5 Å². The molecule has 1 aliphatic heterocycles. The van der Waals surface area contributed by atoms with Gasteiger partial charge in [-0.2, -0.15) is 0 Å². The number of halogens is 4. The molecular formula is C14H13Cl4N5O2S. The van der Waals surface area contributed by atoms with Gasteiger partial charge in [0.1, 0.15) is 0 Å². The van der Waals surface area contributed by atoms with E-state index < -0.39 is 0 Å². The van der Waals surface area contributed by atoms with Gasteiger partial charge in [0.05, 0.1) is 44.2 Å². The van der Waals surface area contributed by atoms with Crippen LogP contribution in [0.3, 0.4) is 0 Å². The highest BCUT2D eigenvalue weighted by molar-refractivity contribution is 7.99. The number of nitrogens with one attached hydrogen (secondary N) is 1. The Balaban J connectivity index is 1.61. The number of nitrogens with zero attached hydrogens (tertiary/aromatic N) is 4. The summed E-state index contributed by atoms with van der Waals surface area (Å²) in [5.41, 5.74) is 0.176. The monoisotopic (exact) mass is 455 g/mol. The van der Waals surface area contributed by atoms with Gasteiger partial charge in [-0.15, -0.1) is 5.10 Å². The molecule has 26 heavy (non-hydrogen) atoms. The zero-order valence-electron chi connectivity index (χ0n) is 13.2. The number of rotatable bonds is 6. The van der Waals surface area contributed by atoms with Gasteiger partial charge in [0.15, 0.2) is 0 Å². The Morgan fingerprint density at radius 3 is 2.69 bits per heavy atom. The number of benzene rings is 1. The average Bonchev–Trinajstić information content (AvgIpc) is 3.27. The summed E-state index contributed by atoms with van der Waals surface area (Å²) in [5, 5.41) is 15.3. The third-order valence-corrected chi connectivity index (χ3v) is 6.14. The van der Waals surface area contributed by atoms with Crippen LogP contribution in [0.4, 0.5) is 5.69 Å². The third-order valence-electron chi connectivity index (χ3n) is 3.61. The maximum Gasteiger partial charge on any atom is 0.234 e. The summed E-state index contributed by atoms with van der Waals surface area (Å²) in [5.74, 6) is -0.285. The molecule has 1 atom stereocenters. The van der Waals surface area contributed by atoms with Crippen molar-refractivity contribution in [3.8, 4) is 0 Å². The summed E-state index contributed by atoms with van der Waals surface area (Å²) in [6, 6.07) is 1.41. The van der Waals surface area contributed by atoms with Crippen LogP contribution in [0, 0.1) is 0 Å². The first-order chi connectivity index (χ1) is 12.5. The first kappa shape index (κ1) is 20.0. The highest BCUT2D eigenvalue weighted by atomic mass is 35.5. The molecule has 7 nitrogen and oxygen atoms in total. The van der Waals surface area contributed by atoms with Gasteiger partial charge in [0, 0.05) is 6.61 Å². The molecule has 1 fully saturated rings. The van der Waals surface area contributed by atoms with Crippen LogP contribution >= 0.6 is 58.2 Å². The molecule has 1 saturated heterocycles. The van der Waals surface area contributed by atoms with Crippen LogP contribution in [0.1, 0.15) is 12.8 Å². The van der Waals surface area contributed by atoms with Crippen LogP contribution < -0.4 is 5.32 Å². The summed E-state index contributed by atoms with van der Waals surface area (Å²) < 4.78 is 7.20. The number of thioether (sulfide) groups is 1. The van der Waals surface area contributed by atoms with E-state index in [9.17, 15) is 4.79 Å². The van der Waals surface area contributed by atoms with Gasteiger partial charge in [0.2, 0.25) is 11.1 Å². The van der Waals surface area contributed by atoms with Crippen molar-refractivity contribution in [3.05, 3.63) is 26.2 Å². The lowest BCUT2D eigenvalue weighted by Crippen LogP contribution is -2.18. The molecule has 0 spiro atoms. The fourth-order valence-corrected chi connectivity index (χ4v) is 3.97. The Labute approximate surface area is 173 Å². The highest BCUT2D eigenvalue weighted by Crippen LogP contribution is 2.41. The van der Waals surface area contributed by atoms with Crippen LogP contribution in [0.25, 0.3) is 0 Å². The Morgan fingerprint density at radius 1 is 1.31 bits per heavy atom. The van der Waals surface area contributed by atoms with E-state index in [1.54, 1.807) is 4.68 Å². The van der Waals surface area contributed by atoms with Gasteiger partial charge >= 0.3 is 0 Å². The van der Waals surface area contributed by atoms with E-state index in [2.05, 4.69) is 20.8 Å². The molecule has 140 valence electrons. The predicted molar refractivity (Wildman–Crippen MR) is 103 cm³/mol. The van der Waals surface area contributed by atoms with Crippen molar-refractivity contribution >= 4 is 69.8 Å². The van der Waals surface area contributed by atoms with Crippen LogP contribution in [0.15, 0.2) is 11.2 Å². The van der Waals surface area contributed by atoms with Gasteiger partial charge in [-0.3, -0.25) is 4.79 Å². The lowest BCUT2D eigenvalue weighted by molar-refractivity contribution is -0.113. The Morgan fingerprint density at radius 2 is 2.04 bits per heavy atom. The summed E-state index contributed by atoms with van der Waals surface area (Å²) in [6.45, 7) is 1.31. The smallest absolute Gasteiger partial charge is 0.234 e. The van der Waals surface area contributed by atoms with Gasteiger partial charge in [-0.25, -0.2) is 4.68 Å². The first-order valence-corrected chi connectivity index (χ1v) is 10.1. The number of tetrazole rings is 1. The zero-order valence-corrected chi connectivity index (χ0v) is 17.1. The standard InChI is InChI=1S/C14H13Cl4N5O2S/c15-8-4-9(16)12(18)13(11(8)17)19-10(24)6-26-14-20-21-22-23(14)5-7-2-1-3-25-7/h4,7H,1-3,5-6H2,(H,19,24). The Bertz CT molecular complexity index is 787. The van der Waals surface area contributed by atoms with Crippen molar-refractivity contribution in [2.75, 3.05) is 17.7 Å². The van der Waals surface area contributed by atoms with Crippen LogP contribution in [0.2, 0.25) is 20.1 Å². The SMILES string of the molecule is O=C(CSc1nnnn1CC1CCCO1)Nc1c(Cl)c(Cl)cc(Cl)c1Cl. The Kier molecular flexibility index (Phi) is 6.87. The highest BCUT2D eigenvalue weighted by Gasteiger charge is 2.20. The van der Waals surface area contributed by atoms with Crippen molar-refractivity contribution in [2.24, 2.45) is 0 Å². The van der Waals surface area contributed by atoms with Crippen molar-refractivity contribution in [1.82, 2.24) is 20.2 Å². The second-order valence-electron chi connectivity index (χ2n) is 5.46. The number of carbonyl (C=O) groups is 1. The molecule has 1 unspecified atom stereocenters. The number of carbonyl (C=O) groups excluding carboxylic acids is 1. The second-order valence-corrected chi connectivity index (χ2v) is 7.97. The summed E-state index contributed by atoms with van der Waals surface area (Å²) in [6.07, 6.45) is 2.09. The van der Waals surface area contributed by atoms with E-state index >= 15 is 0 Å².